The van der Waals surface area contributed by atoms with Crippen molar-refractivity contribution >= 4 is 23.7 Å². The molecule has 1 rings (SSSR count). The second-order valence-electron chi connectivity index (χ2n) is 8.73. The maximum Gasteiger partial charge on any atom is 0.408 e. The van der Waals surface area contributed by atoms with Crippen molar-refractivity contribution in [3.05, 3.63) is 53.4 Å². The summed E-state index contributed by atoms with van der Waals surface area (Å²) < 4.78 is 10.4. The molecule has 1 aromatic carbocycles. The zero-order valence-electron chi connectivity index (χ0n) is 18.1. The number of ether oxygens (including phenoxy) is 2. The van der Waals surface area contributed by atoms with Crippen LogP contribution >= 0.6 is 0 Å². The lowest BCUT2D eigenvalue weighted by Gasteiger charge is -2.29. The number of carboxylic acid groups (broad SMARTS) is 1. The van der Waals surface area contributed by atoms with Gasteiger partial charge in [-0.3, -0.25) is 0 Å². The molecule has 1 amide bonds. The van der Waals surface area contributed by atoms with E-state index in [0.717, 1.165) is 12.2 Å². The van der Waals surface area contributed by atoms with Crippen LogP contribution in [-0.4, -0.2) is 39.9 Å². The molecule has 0 aliphatic rings. The molecule has 0 spiro atoms. The number of carbonyl (C=O) groups excluding carboxylic acids is 2. The van der Waals surface area contributed by atoms with Crippen LogP contribution in [0.15, 0.2) is 36.4 Å². The van der Waals surface area contributed by atoms with Gasteiger partial charge in [-0.25, -0.2) is 19.2 Å². The Morgan fingerprint density at radius 3 is 2.20 bits per heavy atom. The summed E-state index contributed by atoms with van der Waals surface area (Å²) in [5.74, 6) is -2.16. The average molecular weight is 416 g/mol. The first kappa shape index (κ1) is 24.7. The number of carboxylic acids is 1. The first-order chi connectivity index (χ1) is 13.7. The number of hydrogen-bond acceptors (Lipinski definition) is 5. The molecule has 0 fully saturated rings. The van der Waals surface area contributed by atoms with Crippen LogP contribution in [0.3, 0.4) is 0 Å². The molecular weight excluding hydrogens is 388 g/mol. The fourth-order valence-corrected chi connectivity index (χ4v) is 2.43. The van der Waals surface area contributed by atoms with E-state index in [1.54, 1.807) is 59.7 Å². The van der Waals surface area contributed by atoms with Crippen LogP contribution < -0.4 is 5.32 Å². The van der Waals surface area contributed by atoms with Gasteiger partial charge in [0.2, 0.25) is 0 Å². The van der Waals surface area contributed by atoms with Crippen molar-refractivity contribution in [3.63, 3.8) is 0 Å². The van der Waals surface area contributed by atoms with Gasteiger partial charge in [-0.15, -0.1) is 0 Å². The first-order valence-corrected chi connectivity index (χ1v) is 9.29. The maximum atomic E-state index is 12.4. The van der Waals surface area contributed by atoms with Crippen molar-refractivity contribution in [1.82, 2.24) is 5.32 Å². The summed E-state index contributed by atoms with van der Waals surface area (Å²) >= 11 is 0. The summed E-state index contributed by atoms with van der Waals surface area (Å²) in [6.07, 6.45) is 0.859. The monoisotopic (exact) mass is 416 g/mol. The highest BCUT2D eigenvalue weighted by Crippen LogP contribution is 2.22. The van der Waals surface area contributed by atoms with Crippen molar-refractivity contribution in [2.75, 3.05) is 0 Å². The van der Waals surface area contributed by atoms with Crippen LogP contribution in [0.2, 0.25) is 0 Å². The average Bonchev–Trinajstić information content (AvgIpc) is 2.56. The highest BCUT2D eigenvalue weighted by atomic mass is 16.6. The van der Waals surface area contributed by atoms with Gasteiger partial charge in [0, 0.05) is 12.5 Å². The standard InChI is InChI=1S/C22H28N2O6/c1-20(2,3)29-17(25)11-12-22(18(26)27,24-19(28)30-21(4,5)6)14-15-9-8-10-16(13-15)23-7/h8-13H,14H2,1-6H3,(H,24,28)(H,26,27)/b12-11+. The van der Waals surface area contributed by atoms with Crippen molar-refractivity contribution in [1.29, 1.82) is 0 Å². The second-order valence-corrected chi connectivity index (χ2v) is 8.73. The fraction of sp³-hybridized carbons (Fsp3) is 0.455. The molecule has 0 aliphatic heterocycles. The lowest BCUT2D eigenvalue weighted by molar-refractivity contribution is -0.148. The lowest BCUT2D eigenvalue weighted by atomic mass is 9.90. The Hall–Kier alpha value is -3.34. The number of aliphatic carboxylic acids is 1. The number of carbonyl (C=O) groups is 3. The Bertz CT molecular complexity index is 871. The number of alkyl carbamates (subject to hydrolysis) is 1. The van der Waals surface area contributed by atoms with Crippen molar-refractivity contribution in [2.45, 2.75) is 64.7 Å². The van der Waals surface area contributed by atoms with Gasteiger partial charge < -0.3 is 19.9 Å². The Kier molecular flexibility index (Phi) is 7.77. The van der Waals surface area contributed by atoms with Gasteiger partial charge in [0.1, 0.15) is 11.2 Å². The first-order valence-electron chi connectivity index (χ1n) is 9.29. The molecule has 0 saturated carbocycles. The highest BCUT2D eigenvalue weighted by molar-refractivity contribution is 5.90. The van der Waals surface area contributed by atoms with E-state index in [2.05, 4.69) is 10.2 Å². The number of hydrogen-bond donors (Lipinski definition) is 2. The number of nitrogens with zero attached hydrogens (tertiary/aromatic N) is 1. The van der Waals surface area contributed by atoms with Crippen LogP contribution in [0.5, 0.6) is 0 Å². The Balaban J connectivity index is 3.34. The number of nitrogens with one attached hydrogen (secondary N) is 1. The largest absolute Gasteiger partial charge is 0.479 e. The van der Waals surface area contributed by atoms with Crippen molar-refractivity contribution in [2.24, 2.45) is 0 Å². The van der Waals surface area contributed by atoms with Gasteiger partial charge in [0.25, 0.3) is 0 Å². The van der Waals surface area contributed by atoms with E-state index in [0.29, 0.717) is 11.3 Å². The van der Waals surface area contributed by atoms with E-state index in [-0.39, 0.29) is 6.42 Å². The Morgan fingerprint density at radius 1 is 1.10 bits per heavy atom. The van der Waals surface area contributed by atoms with Crippen LogP contribution in [0.1, 0.15) is 47.1 Å². The number of amides is 1. The SMILES string of the molecule is [C-]#[N+]c1cccc(CC(/C=C/C(=O)OC(C)(C)C)(NC(=O)OC(C)(C)C)C(=O)O)c1. The summed E-state index contributed by atoms with van der Waals surface area (Å²) in [5.41, 5.74) is -2.82. The third-order valence-corrected chi connectivity index (χ3v) is 3.54. The van der Waals surface area contributed by atoms with Gasteiger partial charge in [-0.05, 0) is 47.6 Å². The maximum absolute atomic E-state index is 12.4. The van der Waals surface area contributed by atoms with Crippen LogP contribution in [0, 0.1) is 6.57 Å². The predicted octanol–water partition coefficient (Wildman–Crippen LogP) is 4.03. The summed E-state index contributed by atoms with van der Waals surface area (Å²) in [4.78, 5) is 40.1. The fourth-order valence-electron chi connectivity index (χ4n) is 2.43. The molecule has 2 N–H and O–H groups in total. The normalized spacial score (nSPS) is 13.8. The minimum Gasteiger partial charge on any atom is -0.479 e. The zero-order valence-corrected chi connectivity index (χ0v) is 18.1. The van der Waals surface area contributed by atoms with E-state index in [9.17, 15) is 19.5 Å². The van der Waals surface area contributed by atoms with Gasteiger partial charge >= 0.3 is 18.0 Å². The molecule has 1 unspecified atom stereocenters. The molecule has 30 heavy (non-hydrogen) atoms. The molecule has 0 radical (unpaired) electrons. The van der Waals surface area contributed by atoms with E-state index in [1.807, 2.05) is 0 Å². The third-order valence-electron chi connectivity index (χ3n) is 3.54. The molecule has 8 heteroatoms. The van der Waals surface area contributed by atoms with Gasteiger partial charge in [-0.2, -0.15) is 0 Å². The van der Waals surface area contributed by atoms with Crippen molar-refractivity contribution in [3.8, 4) is 0 Å². The van der Waals surface area contributed by atoms with Crippen LogP contribution in [0.4, 0.5) is 10.5 Å². The summed E-state index contributed by atoms with van der Waals surface area (Å²) in [6, 6.07) is 6.34. The molecule has 0 saturated heterocycles. The number of esters is 1. The quantitative estimate of drug-likeness (QED) is 0.412. The third kappa shape index (κ3) is 8.35. The highest BCUT2D eigenvalue weighted by Gasteiger charge is 2.39. The molecule has 162 valence electrons. The molecule has 1 atom stereocenters. The molecule has 0 bridgehead atoms. The summed E-state index contributed by atoms with van der Waals surface area (Å²) in [5, 5.41) is 12.3. The number of rotatable bonds is 6. The topological polar surface area (TPSA) is 106 Å². The van der Waals surface area contributed by atoms with Gasteiger partial charge in [-0.1, -0.05) is 29.8 Å². The minimum absolute atomic E-state index is 0.218. The molecule has 8 nitrogen and oxygen atoms in total. The van der Waals surface area contributed by atoms with Gasteiger partial charge in [0.05, 0.1) is 6.57 Å². The molecule has 0 heterocycles. The van der Waals surface area contributed by atoms with Crippen molar-refractivity contribution < 1.29 is 29.0 Å². The van der Waals surface area contributed by atoms with Crippen LogP contribution in [-0.2, 0) is 25.5 Å². The lowest BCUT2D eigenvalue weighted by Crippen LogP contribution is -2.56. The summed E-state index contributed by atoms with van der Waals surface area (Å²) in [7, 11) is 0. The van der Waals surface area contributed by atoms with E-state index < -0.39 is 34.8 Å². The number of benzene rings is 1. The predicted molar refractivity (Wildman–Crippen MR) is 111 cm³/mol. The molecular formula is C22H28N2O6. The molecule has 1 aromatic rings. The smallest absolute Gasteiger partial charge is 0.408 e. The van der Waals surface area contributed by atoms with Crippen LogP contribution in [0.25, 0.3) is 4.85 Å². The minimum atomic E-state index is -2.00. The summed E-state index contributed by atoms with van der Waals surface area (Å²) in [6.45, 7) is 17.1. The Morgan fingerprint density at radius 2 is 1.70 bits per heavy atom. The zero-order chi connectivity index (χ0) is 23.2. The second kappa shape index (κ2) is 9.44. The molecule has 0 aliphatic carbocycles. The Labute approximate surface area is 176 Å². The van der Waals surface area contributed by atoms with E-state index >= 15 is 0 Å². The van der Waals surface area contributed by atoms with E-state index in [1.165, 1.54) is 6.07 Å². The molecule has 0 aromatic heterocycles. The van der Waals surface area contributed by atoms with Gasteiger partial charge in [0.15, 0.2) is 11.2 Å². The van der Waals surface area contributed by atoms with E-state index in [4.69, 9.17) is 16.0 Å².